The lowest BCUT2D eigenvalue weighted by Gasteiger charge is -2.06. The predicted octanol–water partition coefficient (Wildman–Crippen LogP) is 1.83. The fourth-order valence-electron chi connectivity index (χ4n) is 1.25. The second-order valence-corrected chi connectivity index (χ2v) is 3.46. The fraction of sp³-hybridized carbons (Fsp3) is 0.364. The Morgan fingerprint density at radius 1 is 1.33 bits per heavy atom. The number of hydrogen-bond donors (Lipinski definition) is 2. The van der Waals surface area contributed by atoms with Crippen molar-refractivity contribution in [2.75, 3.05) is 0 Å². The van der Waals surface area contributed by atoms with Crippen LogP contribution in [0.5, 0.6) is 0 Å². The minimum Gasteiger partial charge on any atom is -0.481 e. The molecular weight excluding hydrogens is 214 g/mol. The van der Waals surface area contributed by atoms with Gasteiger partial charge in [-0.1, -0.05) is 31.2 Å². The fourth-order valence-corrected chi connectivity index (χ4v) is 1.25. The zero-order valence-electron chi connectivity index (χ0n) is 8.64. The number of benzene rings is 1. The Bertz CT molecular complexity index is 311. The topological polar surface area (TPSA) is 63.3 Å². The Balaban J connectivity index is 0.00000196. The SMILES string of the molecule is CC(Cc1ccc(CN)cc1)C(=O)O.Cl. The van der Waals surface area contributed by atoms with Crippen LogP contribution in [0.4, 0.5) is 0 Å². The number of carboxylic acid groups (broad SMARTS) is 1. The number of rotatable bonds is 4. The number of halogens is 1. The maximum atomic E-state index is 10.6. The highest BCUT2D eigenvalue weighted by molar-refractivity contribution is 5.85. The summed E-state index contributed by atoms with van der Waals surface area (Å²) in [6, 6.07) is 7.73. The van der Waals surface area contributed by atoms with E-state index in [9.17, 15) is 4.79 Å². The van der Waals surface area contributed by atoms with Crippen LogP contribution in [0, 0.1) is 5.92 Å². The Labute approximate surface area is 95.7 Å². The summed E-state index contributed by atoms with van der Waals surface area (Å²) in [6.07, 6.45) is 0.570. The van der Waals surface area contributed by atoms with Crippen LogP contribution in [0.2, 0.25) is 0 Å². The molecule has 1 atom stereocenters. The molecule has 3 nitrogen and oxygen atoms in total. The molecule has 0 radical (unpaired) electrons. The Hall–Kier alpha value is -1.06. The molecule has 0 spiro atoms. The van der Waals surface area contributed by atoms with Crippen molar-refractivity contribution in [2.45, 2.75) is 19.9 Å². The van der Waals surface area contributed by atoms with Crippen molar-refractivity contribution in [3.05, 3.63) is 35.4 Å². The molecule has 84 valence electrons. The number of carbonyl (C=O) groups is 1. The van der Waals surface area contributed by atoms with Gasteiger partial charge in [0.2, 0.25) is 0 Å². The monoisotopic (exact) mass is 229 g/mol. The van der Waals surface area contributed by atoms with E-state index in [4.69, 9.17) is 10.8 Å². The van der Waals surface area contributed by atoms with E-state index in [1.807, 2.05) is 24.3 Å². The Morgan fingerprint density at radius 3 is 2.20 bits per heavy atom. The molecule has 0 fully saturated rings. The third-order valence-electron chi connectivity index (χ3n) is 2.22. The first kappa shape index (κ1) is 13.9. The van der Waals surface area contributed by atoms with Crippen molar-refractivity contribution < 1.29 is 9.90 Å². The van der Waals surface area contributed by atoms with Crippen LogP contribution in [0.3, 0.4) is 0 Å². The molecular formula is C11H16ClNO2. The molecule has 4 heteroatoms. The molecule has 0 aliphatic rings. The highest BCUT2D eigenvalue weighted by Gasteiger charge is 2.10. The third-order valence-corrected chi connectivity index (χ3v) is 2.22. The lowest BCUT2D eigenvalue weighted by molar-refractivity contribution is -0.141. The summed E-state index contributed by atoms with van der Waals surface area (Å²) in [7, 11) is 0. The van der Waals surface area contributed by atoms with E-state index in [1.54, 1.807) is 6.92 Å². The Morgan fingerprint density at radius 2 is 1.80 bits per heavy atom. The first-order chi connectivity index (χ1) is 6.63. The zero-order valence-corrected chi connectivity index (χ0v) is 9.46. The largest absolute Gasteiger partial charge is 0.481 e. The lowest BCUT2D eigenvalue weighted by atomic mass is 10.0. The summed E-state index contributed by atoms with van der Waals surface area (Å²) in [5.74, 6) is -1.09. The van der Waals surface area contributed by atoms with Crippen LogP contribution >= 0.6 is 12.4 Å². The van der Waals surface area contributed by atoms with Gasteiger partial charge in [0.05, 0.1) is 5.92 Å². The highest BCUT2D eigenvalue weighted by atomic mass is 35.5. The molecule has 0 bridgehead atoms. The second-order valence-electron chi connectivity index (χ2n) is 3.46. The smallest absolute Gasteiger partial charge is 0.306 e. The van der Waals surface area contributed by atoms with Gasteiger partial charge in [0, 0.05) is 6.54 Å². The van der Waals surface area contributed by atoms with Gasteiger partial charge >= 0.3 is 5.97 Å². The first-order valence-corrected chi connectivity index (χ1v) is 4.64. The van der Waals surface area contributed by atoms with Gasteiger partial charge in [-0.3, -0.25) is 4.79 Å². The number of carboxylic acids is 1. The van der Waals surface area contributed by atoms with E-state index in [0.29, 0.717) is 13.0 Å². The van der Waals surface area contributed by atoms with E-state index < -0.39 is 5.97 Å². The summed E-state index contributed by atoms with van der Waals surface area (Å²) in [6.45, 7) is 2.23. The summed E-state index contributed by atoms with van der Waals surface area (Å²) in [5, 5.41) is 8.72. The van der Waals surface area contributed by atoms with Crippen molar-refractivity contribution in [1.29, 1.82) is 0 Å². The average Bonchev–Trinajstić information content (AvgIpc) is 2.19. The van der Waals surface area contributed by atoms with Gasteiger partial charge in [-0.25, -0.2) is 0 Å². The molecule has 0 aliphatic carbocycles. The van der Waals surface area contributed by atoms with Crippen LogP contribution < -0.4 is 5.73 Å². The molecule has 1 aromatic rings. The van der Waals surface area contributed by atoms with Gasteiger partial charge < -0.3 is 10.8 Å². The minimum absolute atomic E-state index is 0. The molecule has 15 heavy (non-hydrogen) atoms. The standard InChI is InChI=1S/C11H15NO2.ClH/c1-8(11(13)14)6-9-2-4-10(7-12)5-3-9;/h2-5,8H,6-7,12H2,1H3,(H,13,14);1H. The molecule has 1 aromatic carbocycles. The molecule has 0 aromatic heterocycles. The van der Waals surface area contributed by atoms with Crippen LogP contribution in [-0.4, -0.2) is 11.1 Å². The average molecular weight is 230 g/mol. The predicted molar refractivity (Wildman–Crippen MR) is 62.1 cm³/mol. The van der Waals surface area contributed by atoms with E-state index in [1.165, 1.54) is 0 Å². The molecule has 0 heterocycles. The maximum Gasteiger partial charge on any atom is 0.306 e. The van der Waals surface area contributed by atoms with Crippen molar-refractivity contribution in [2.24, 2.45) is 11.7 Å². The van der Waals surface area contributed by atoms with Gasteiger partial charge in [0.1, 0.15) is 0 Å². The number of hydrogen-bond acceptors (Lipinski definition) is 2. The van der Waals surface area contributed by atoms with Crippen molar-refractivity contribution in [1.82, 2.24) is 0 Å². The van der Waals surface area contributed by atoms with E-state index in [2.05, 4.69) is 0 Å². The highest BCUT2D eigenvalue weighted by Crippen LogP contribution is 2.10. The first-order valence-electron chi connectivity index (χ1n) is 4.64. The van der Waals surface area contributed by atoms with Crippen LogP contribution in [-0.2, 0) is 17.8 Å². The van der Waals surface area contributed by atoms with Crippen LogP contribution in [0.15, 0.2) is 24.3 Å². The van der Waals surface area contributed by atoms with E-state index >= 15 is 0 Å². The molecule has 0 saturated carbocycles. The van der Waals surface area contributed by atoms with Gasteiger partial charge in [0.25, 0.3) is 0 Å². The lowest BCUT2D eigenvalue weighted by Crippen LogP contribution is -2.12. The normalized spacial score (nSPS) is 11.6. The van der Waals surface area contributed by atoms with Crippen molar-refractivity contribution >= 4 is 18.4 Å². The van der Waals surface area contributed by atoms with Crippen molar-refractivity contribution in [3.63, 3.8) is 0 Å². The molecule has 0 amide bonds. The minimum atomic E-state index is -0.757. The van der Waals surface area contributed by atoms with Gasteiger partial charge in [-0.05, 0) is 17.5 Å². The van der Waals surface area contributed by atoms with E-state index in [0.717, 1.165) is 11.1 Å². The molecule has 0 aliphatic heterocycles. The van der Waals surface area contributed by atoms with Crippen molar-refractivity contribution in [3.8, 4) is 0 Å². The summed E-state index contributed by atoms with van der Waals surface area (Å²) >= 11 is 0. The summed E-state index contributed by atoms with van der Waals surface area (Å²) < 4.78 is 0. The van der Waals surface area contributed by atoms with Gasteiger partial charge in [-0.15, -0.1) is 12.4 Å². The molecule has 1 unspecified atom stereocenters. The Kier molecular flexibility index (Phi) is 5.97. The van der Waals surface area contributed by atoms with Crippen LogP contribution in [0.1, 0.15) is 18.1 Å². The second kappa shape index (κ2) is 6.43. The zero-order chi connectivity index (χ0) is 10.6. The quantitative estimate of drug-likeness (QED) is 0.828. The molecule has 1 rings (SSSR count). The molecule has 0 saturated heterocycles. The van der Waals surface area contributed by atoms with Crippen LogP contribution in [0.25, 0.3) is 0 Å². The van der Waals surface area contributed by atoms with E-state index in [-0.39, 0.29) is 18.3 Å². The van der Waals surface area contributed by atoms with Gasteiger partial charge in [-0.2, -0.15) is 0 Å². The summed E-state index contributed by atoms with van der Waals surface area (Å²) in [5.41, 5.74) is 7.56. The van der Waals surface area contributed by atoms with Gasteiger partial charge in [0.15, 0.2) is 0 Å². The summed E-state index contributed by atoms with van der Waals surface area (Å²) in [4.78, 5) is 10.6. The number of aliphatic carboxylic acids is 1. The molecule has 3 N–H and O–H groups in total. The number of nitrogens with two attached hydrogens (primary N) is 1. The maximum absolute atomic E-state index is 10.6. The third kappa shape index (κ3) is 4.32.